The molecule has 2 amide bonds. The van der Waals surface area contributed by atoms with Crippen LogP contribution in [-0.4, -0.2) is 23.9 Å². The van der Waals surface area contributed by atoms with Gasteiger partial charge >= 0.3 is 5.97 Å². The molecule has 2 aliphatic carbocycles. The summed E-state index contributed by atoms with van der Waals surface area (Å²) in [7, 11) is 0. The summed E-state index contributed by atoms with van der Waals surface area (Å²) in [5, 5.41) is 5.77. The lowest BCUT2D eigenvalue weighted by molar-refractivity contribution is -0.145. The van der Waals surface area contributed by atoms with Crippen molar-refractivity contribution in [2.75, 3.05) is 10.6 Å². The minimum absolute atomic E-state index is 0.00911. The lowest BCUT2D eigenvalue weighted by atomic mass is 9.79. The van der Waals surface area contributed by atoms with Crippen LogP contribution in [0.4, 0.5) is 11.4 Å². The third-order valence-electron chi connectivity index (χ3n) is 6.28. The number of rotatable bonds is 4. The zero-order chi connectivity index (χ0) is 20.1. The number of fused-ring (bicyclic) bond motifs is 1. The van der Waals surface area contributed by atoms with Crippen LogP contribution in [0.3, 0.4) is 0 Å². The number of ether oxygens (including phenoxy) is 1. The van der Waals surface area contributed by atoms with Crippen LogP contribution < -0.4 is 10.6 Å². The van der Waals surface area contributed by atoms with E-state index in [9.17, 15) is 14.4 Å². The third-order valence-corrected chi connectivity index (χ3v) is 7.00. The molecular formula is C22H19IN2O4. The van der Waals surface area contributed by atoms with E-state index < -0.39 is 0 Å². The van der Waals surface area contributed by atoms with E-state index in [0.717, 1.165) is 16.4 Å². The second kappa shape index (κ2) is 7.12. The molecule has 0 spiro atoms. The average molecular weight is 502 g/mol. The van der Waals surface area contributed by atoms with E-state index >= 15 is 0 Å². The highest BCUT2D eigenvalue weighted by molar-refractivity contribution is 14.1. The Morgan fingerprint density at radius 1 is 1.00 bits per heavy atom. The molecule has 1 heterocycles. The van der Waals surface area contributed by atoms with E-state index in [4.69, 9.17) is 4.74 Å². The molecule has 7 heteroatoms. The van der Waals surface area contributed by atoms with Crippen LogP contribution in [0, 0.1) is 27.2 Å². The monoisotopic (exact) mass is 502 g/mol. The number of amides is 2. The fraction of sp³-hybridized carbons (Fsp3) is 0.318. The minimum atomic E-state index is -0.337. The largest absolute Gasteiger partial charge is 0.462 e. The molecule has 1 aliphatic heterocycles. The number of carbonyl (C=O) groups excluding carboxylic acids is 3. The second-order valence-electron chi connectivity index (χ2n) is 7.95. The van der Waals surface area contributed by atoms with Gasteiger partial charge in [0.05, 0.1) is 11.8 Å². The SMILES string of the molecule is O=C(Nc1ccc(I)cc1)c1cccc(NC(=O)[C@H]2[C@H]3C[C@@H]4[C@@H]2C(=O)O[C@@H]4C3)c1. The van der Waals surface area contributed by atoms with Gasteiger partial charge in [0.2, 0.25) is 5.91 Å². The van der Waals surface area contributed by atoms with E-state index in [1.807, 2.05) is 24.3 Å². The Kier molecular flexibility index (Phi) is 4.57. The fourth-order valence-electron chi connectivity index (χ4n) is 5.06. The minimum Gasteiger partial charge on any atom is -0.462 e. The second-order valence-corrected chi connectivity index (χ2v) is 9.20. The Labute approximate surface area is 181 Å². The van der Waals surface area contributed by atoms with E-state index in [1.165, 1.54) is 0 Å². The number of carbonyl (C=O) groups is 3. The molecule has 2 aromatic carbocycles. The topological polar surface area (TPSA) is 84.5 Å². The van der Waals surface area contributed by atoms with Crippen molar-refractivity contribution in [2.45, 2.75) is 18.9 Å². The zero-order valence-electron chi connectivity index (χ0n) is 15.4. The van der Waals surface area contributed by atoms with Gasteiger partial charge in [0.1, 0.15) is 6.10 Å². The Morgan fingerprint density at radius 2 is 1.79 bits per heavy atom. The van der Waals surface area contributed by atoms with E-state index in [1.54, 1.807) is 24.3 Å². The highest BCUT2D eigenvalue weighted by atomic mass is 127. The molecule has 0 radical (unpaired) electrons. The van der Waals surface area contributed by atoms with Crippen LogP contribution in [0.15, 0.2) is 48.5 Å². The molecule has 0 unspecified atom stereocenters. The first-order chi connectivity index (χ1) is 14.0. The van der Waals surface area contributed by atoms with Crippen LogP contribution in [0.25, 0.3) is 0 Å². The van der Waals surface area contributed by atoms with Gasteiger partial charge in [-0.2, -0.15) is 0 Å². The number of hydrogen-bond donors (Lipinski definition) is 2. The van der Waals surface area contributed by atoms with Crippen molar-refractivity contribution in [2.24, 2.45) is 23.7 Å². The number of hydrogen-bond acceptors (Lipinski definition) is 4. The molecule has 148 valence electrons. The maximum absolute atomic E-state index is 12.9. The van der Waals surface area contributed by atoms with Crippen LogP contribution in [0.2, 0.25) is 0 Å². The first kappa shape index (κ1) is 18.6. The van der Waals surface area contributed by atoms with Gasteiger partial charge in [-0.15, -0.1) is 0 Å². The van der Waals surface area contributed by atoms with Crippen LogP contribution in [-0.2, 0) is 14.3 Å². The van der Waals surface area contributed by atoms with Crippen molar-refractivity contribution in [3.63, 3.8) is 0 Å². The molecule has 3 aliphatic rings. The van der Waals surface area contributed by atoms with Crippen molar-refractivity contribution < 1.29 is 19.1 Å². The first-order valence-electron chi connectivity index (χ1n) is 9.68. The van der Waals surface area contributed by atoms with Gasteiger partial charge in [-0.1, -0.05) is 6.07 Å². The number of esters is 1. The predicted octanol–water partition coefficient (Wildman–Crippen LogP) is 3.68. The molecule has 2 aromatic rings. The summed E-state index contributed by atoms with van der Waals surface area (Å²) in [5.74, 6) is -0.894. The number of anilines is 2. The first-order valence-corrected chi connectivity index (χ1v) is 10.8. The van der Waals surface area contributed by atoms with E-state index in [-0.39, 0.29) is 47.6 Å². The number of benzene rings is 2. The smallest absolute Gasteiger partial charge is 0.310 e. The zero-order valence-corrected chi connectivity index (χ0v) is 17.6. The standard InChI is InChI=1S/C22H19IN2O4/c23-13-4-6-14(7-5-13)24-20(26)11-2-1-3-15(8-11)25-21(27)18-12-9-16-17(10-12)29-22(28)19(16)18/h1-8,12,16-19H,9-10H2,(H,24,26)(H,25,27)/t12-,16-,17+,18-,19-/m0/s1. The predicted molar refractivity (Wildman–Crippen MR) is 115 cm³/mol. The van der Waals surface area contributed by atoms with Gasteiger partial charge in [-0.25, -0.2) is 0 Å². The lowest BCUT2D eigenvalue weighted by Gasteiger charge is -2.23. The highest BCUT2D eigenvalue weighted by Crippen LogP contribution is 2.57. The highest BCUT2D eigenvalue weighted by Gasteiger charge is 2.63. The van der Waals surface area contributed by atoms with Gasteiger partial charge in [0.15, 0.2) is 0 Å². The Hall–Kier alpha value is -2.42. The van der Waals surface area contributed by atoms with E-state index in [0.29, 0.717) is 16.9 Å². The summed E-state index contributed by atoms with van der Waals surface area (Å²) < 4.78 is 6.50. The maximum Gasteiger partial charge on any atom is 0.310 e. The summed E-state index contributed by atoms with van der Waals surface area (Å²) in [4.78, 5) is 37.6. The Morgan fingerprint density at radius 3 is 2.59 bits per heavy atom. The lowest BCUT2D eigenvalue weighted by Crippen LogP contribution is -2.35. The summed E-state index contributed by atoms with van der Waals surface area (Å²) in [5.41, 5.74) is 1.71. The van der Waals surface area contributed by atoms with E-state index in [2.05, 4.69) is 33.2 Å². The summed E-state index contributed by atoms with van der Waals surface area (Å²) in [6, 6.07) is 14.4. The Bertz CT molecular complexity index is 1000. The summed E-state index contributed by atoms with van der Waals surface area (Å²) in [6.07, 6.45) is 1.68. The van der Waals surface area contributed by atoms with Crippen LogP contribution in [0.1, 0.15) is 23.2 Å². The van der Waals surface area contributed by atoms with Crippen LogP contribution in [0.5, 0.6) is 0 Å². The van der Waals surface area contributed by atoms with Crippen LogP contribution >= 0.6 is 22.6 Å². The molecule has 2 saturated carbocycles. The molecule has 2 bridgehead atoms. The number of halogens is 1. The summed E-state index contributed by atoms with van der Waals surface area (Å²) >= 11 is 2.21. The van der Waals surface area contributed by atoms with Gasteiger partial charge in [0.25, 0.3) is 5.91 Å². The van der Waals surface area contributed by atoms with Crippen molar-refractivity contribution in [3.05, 3.63) is 57.7 Å². The van der Waals surface area contributed by atoms with Gasteiger partial charge in [0, 0.05) is 26.4 Å². The normalized spacial score (nSPS) is 28.9. The van der Waals surface area contributed by atoms with Gasteiger partial charge < -0.3 is 15.4 Å². The maximum atomic E-state index is 12.9. The van der Waals surface area contributed by atoms with Gasteiger partial charge in [-0.05, 0) is 83.8 Å². The average Bonchev–Trinajstić information content (AvgIpc) is 3.32. The number of nitrogens with one attached hydrogen (secondary N) is 2. The third kappa shape index (κ3) is 3.31. The molecule has 5 atom stereocenters. The van der Waals surface area contributed by atoms with Crippen molar-refractivity contribution >= 4 is 51.7 Å². The molecule has 29 heavy (non-hydrogen) atoms. The molecule has 1 saturated heterocycles. The quantitative estimate of drug-likeness (QED) is 0.494. The molecule has 0 aromatic heterocycles. The molecule has 2 N–H and O–H groups in total. The van der Waals surface area contributed by atoms with Crippen molar-refractivity contribution in [1.82, 2.24) is 0 Å². The fourth-order valence-corrected chi connectivity index (χ4v) is 5.42. The summed E-state index contributed by atoms with van der Waals surface area (Å²) in [6.45, 7) is 0. The molecule has 3 fully saturated rings. The molecular weight excluding hydrogens is 483 g/mol. The van der Waals surface area contributed by atoms with Crippen molar-refractivity contribution in [3.8, 4) is 0 Å². The van der Waals surface area contributed by atoms with Crippen molar-refractivity contribution in [1.29, 1.82) is 0 Å². The molecule has 6 nitrogen and oxygen atoms in total. The molecule has 5 rings (SSSR count). The Balaban J connectivity index is 1.29. The van der Waals surface area contributed by atoms with Gasteiger partial charge in [-0.3, -0.25) is 14.4 Å².